The monoisotopic (exact) mass is 471 g/mol. The largest absolute Gasteiger partial charge is 0.497 e. The quantitative estimate of drug-likeness (QED) is 0.398. The number of hydrogen-bond acceptors (Lipinski definition) is 6. The first-order valence-electron chi connectivity index (χ1n) is 11.9. The van der Waals surface area contributed by atoms with Crippen LogP contribution in [-0.4, -0.2) is 50.0 Å². The van der Waals surface area contributed by atoms with Gasteiger partial charge in [-0.15, -0.1) is 0 Å². The Bertz CT molecular complexity index is 845. The number of ether oxygens (including phenoxy) is 4. The summed E-state index contributed by atoms with van der Waals surface area (Å²) >= 11 is 0. The van der Waals surface area contributed by atoms with Crippen molar-refractivity contribution in [3.8, 4) is 11.5 Å². The van der Waals surface area contributed by atoms with Crippen LogP contribution < -0.4 is 15.2 Å². The van der Waals surface area contributed by atoms with Gasteiger partial charge < -0.3 is 29.5 Å². The molecule has 0 aliphatic carbocycles. The number of carbonyl (C=O) groups is 1. The minimum absolute atomic E-state index is 0.0891. The van der Waals surface area contributed by atoms with E-state index in [1.807, 2.05) is 49.4 Å². The van der Waals surface area contributed by atoms with Crippen molar-refractivity contribution in [1.29, 1.82) is 0 Å². The highest BCUT2D eigenvalue weighted by Gasteiger charge is 2.32. The van der Waals surface area contributed by atoms with E-state index in [-0.39, 0.29) is 30.3 Å². The van der Waals surface area contributed by atoms with E-state index in [4.69, 9.17) is 24.7 Å². The Morgan fingerprint density at radius 3 is 2.18 bits per heavy atom. The molecule has 0 aromatic heterocycles. The van der Waals surface area contributed by atoms with Crippen LogP contribution in [0.1, 0.15) is 46.6 Å². The standard InChI is InChI=1S/C28H41NO5/c1-21(32-20-28(5,29)19-30)26(34-25-10-8-7-9-11-25)23(16-17-33-27(2,3)4)18-22-12-14-24(31-6)15-13-22/h7-15,19,21,23,26H,16-18,20,29H2,1-6H3/t21-,23+,26-,28-/m0/s1. The Balaban J connectivity index is 2.29. The Hall–Kier alpha value is -2.41. The molecule has 0 saturated carbocycles. The first-order valence-corrected chi connectivity index (χ1v) is 11.9. The normalized spacial score (nSPS) is 16.2. The van der Waals surface area contributed by atoms with Crippen LogP contribution in [-0.2, 0) is 20.7 Å². The summed E-state index contributed by atoms with van der Waals surface area (Å²) in [6.07, 6.45) is 1.69. The number of para-hydroxylation sites is 1. The van der Waals surface area contributed by atoms with Crippen LogP contribution in [0.25, 0.3) is 0 Å². The van der Waals surface area contributed by atoms with Crippen LogP contribution in [0, 0.1) is 5.92 Å². The van der Waals surface area contributed by atoms with Crippen LogP contribution in [0.15, 0.2) is 54.6 Å². The number of benzene rings is 2. The van der Waals surface area contributed by atoms with Crippen molar-refractivity contribution in [2.75, 3.05) is 20.3 Å². The zero-order valence-electron chi connectivity index (χ0n) is 21.5. The lowest BCUT2D eigenvalue weighted by atomic mass is 9.88. The van der Waals surface area contributed by atoms with Crippen molar-refractivity contribution in [2.24, 2.45) is 11.7 Å². The van der Waals surface area contributed by atoms with E-state index >= 15 is 0 Å². The average Bonchev–Trinajstić information content (AvgIpc) is 2.81. The van der Waals surface area contributed by atoms with Crippen LogP contribution >= 0.6 is 0 Å². The van der Waals surface area contributed by atoms with Crippen molar-refractivity contribution in [3.63, 3.8) is 0 Å². The fourth-order valence-corrected chi connectivity index (χ4v) is 3.63. The van der Waals surface area contributed by atoms with Gasteiger partial charge in [-0.3, -0.25) is 0 Å². The molecular weight excluding hydrogens is 430 g/mol. The van der Waals surface area contributed by atoms with Crippen LogP contribution in [0.4, 0.5) is 0 Å². The highest BCUT2D eigenvalue weighted by Crippen LogP contribution is 2.27. The molecule has 0 radical (unpaired) electrons. The Kier molecular flexibility index (Phi) is 10.5. The molecular formula is C28H41NO5. The summed E-state index contributed by atoms with van der Waals surface area (Å²) in [6.45, 7) is 10.5. The van der Waals surface area contributed by atoms with Gasteiger partial charge in [-0.1, -0.05) is 30.3 Å². The zero-order valence-corrected chi connectivity index (χ0v) is 21.5. The Morgan fingerprint density at radius 1 is 0.971 bits per heavy atom. The lowest BCUT2D eigenvalue weighted by Crippen LogP contribution is -2.47. The van der Waals surface area contributed by atoms with E-state index in [0.29, 0.717) is 6.61 Å². The van der Waals surface area contributed by atoms with E-state index in [0.717, 1.165) is 30.6 Å². The van der Waals surface area contributed by atoms with Gasteiger partial charge in [0.15, 0.2) is 0 Å². The second kappa shape index (κ2) is 12.9. The number of carbonyl (C=O) groups excluding carboxylic acids is 1. The molecule has 0 aliphatic heterocycles. The summed E-state index contributed by atoms with van der Waals surface area (Å²) in [4.78, 5) is 11.3. The van der Waals surface area contributed by atoms with Crippen LogP contribution in [0.5, 0.6) is 11.5 Å². The van der Waals surface area contributed by atoms with Crippen molar-refractivity contribution >= 4 is 6.29 Å². The zero-order chi connectivity index (χ0) is 25.2. The number of aldehydes is 1. The highest BCUT2D eigenvalue weighted by molar-refractivity contribution is 5.63. The van der Waals surface area contributed by atoms with Gasteiger partial charge in [0.05, 0.1) is 31.0 Å². The molecule has 4 atom stereocenters. The summed E-state index contributed by atoms with van der Waals surface area (Å²) in [6, 6.07) is 17.8. The maximum absolute atomic E-state index is 11.3. The van der Waals surface area contributed by atoms with E-state index in [9.17, 15) is 4.79 Å². The maximum atomic E-state index is 11.3. The molecule has 0 aliphatic rings. The van der Waals surface area contributed by atoms with Gasteiger partial charge in [-0.2, -0.15) is 0 Å². The van der Waals surface area contributed by atoms with Gasteiger partial charge in [0.2, 0.25) is 0 Å². The maximum Gasteiger partial charge on any atom is 0.141 e. The minimum Gasteiger partial charge on any atom is -0.497 e. The molecule has 0 saturated heterocycles. The molecule has 0 heterocycles. The first kappa shape index (κ1) is 27.8. The van der Waals surface area contributed by atoms with Gasteiger partial charge in [0, 0.05) is 12.5 Å². The third-order valence-electron chi connectivity index (χ3n) is 5.55. The lowest BCUT2D eigenvalue weighted by Gasteiger charge is -2.34. The molecule has 2 aromatic carbocycles. The summed E-state index contributed by atoms with van der Waals surface area (Å²) in [5.41, 5.74) is 5.90. The van der Waals surface area contributed by atoms with Gasteiger partial charge in [0.25, 0.3) is 0 Å². The number of rotatable bonds is 14. The molecule has 6 nitrogen and oxygen atoms in total. The van der Waals surface area contributed by atoms with E-state index in [2.05, 4.69) is 32.9 Å². The second-order valence-corrected chi connectivity index (χ2v) is 10.1. The second-order valence-electron chi connectivity index (χ2n) is 10.1. The smallest absolute Gasteiger partial charge is 0.141 e. The fraction of sp³-hybridized carbons (Fsp3) is 0.536. The third kappa shape index (κ3) is 9.84. The van der Waals surface area contributed by atoms with E-state index in [1.165, 1.54) is 5.56 Å². The van der Waals surface area contributed by atoms with Crippen molar-refractivity contribution in [3.05, 3.63) is 60.2 Å². The molecule has 34 heavy (non-hydrogen) atoms. The SMILES string of the molecule is COc1ccc(C[C@@H](CCOC(C)(C)C)[C@@H](Oc2ccccc2)[C@H](C)OC[C@@](C)(N)C=O)cc1. The lowest BCUT2D eigenvalue weighted by molar-refractivity contribution is -0.116. The van der Waals surface area contributed by atoms with Gasteiger partial charge in [0.1, 0.15) is 23.9 Å². The highest BCUT2D eigenvalue weighted by atomic mass is 16.5. The van der Waals surface area contributed by atoms with Crippen molar-refractivity contribution in [1.82, 2.24) is 0 Å². The summed E-state index contributed by atoms with van der Waals surface area (Å²) < 4.78 is 24.0. The molecule has 188 valence electrons. The molecule has 0 bridgehead atoms. The fourth-order valence-electron chi connectivity index (χ4n) is 3.63. The Morgan fingerprint density at radius 2 is 1.62 bits per heavy atom. The molecule has 2 N–H and O–H groups in total. The predicted molar refractivity (Wildman–Crippen MR) is 135 cm³/mol. The molecule has 6 heteroatoms. The van der Waals surface area contributed by atoms with Crippen LogP contribution in [0.2, 0.25) is 0 Å². The van der Waals surface area contributed by atoms with E-state index in [1.54, 1.807) is 14.0 Å². The van der Waals surface area contributed by atoms with Crippen LogP contribution in [0.3, 0.4) is 0 Å². The van der Waals surface area contributed by atoms with E-state index < -0.39 is 5.54 Å². The molecule has 0 fully saturated rings. The summed E-state index contributed by atoms with van der Waals surface area (Å²) in [7, 11) is 1.66. The summed E-state index contributed by atoms with van der Waals surface area (Å²) in [5, 5.41) is 0. The predicted octanol–water partition coefficient (Wildman–Crippen LogP) is 4.83. The van der Waals surface area contributed by atoms with Crippen molar-refractivity contribution < 1.29 is 23.7 Å². The first-order chi connectivity index (χ1) is 16.0. The third-order valence-corrected chi connectivity index (χ3v) is 5.55. The number of nitrogens with two attached hydrogens (primary N) is 1. The number of hydrogen-bond donors (Lipinski definition) is 1. The molecule has 0 unspecified atom stereocenters. The summed E-state index contributed by atoms with van der Waals surface area (Å²) in [5.74, 6) is 1.68. The van der Waals surface area contributed by atoms with Crippen molar-refractivity contribution in [2.45, 2.75) is 70.8 Å². The minimum atomic E-state index is -1.05. The molecule has 0 spiro atoms. The molecule has 2 rings (SSSR count). The van der Waals surface area contributed by atoms with Gasteiger partial charge in [-0.05, 0) is 77.3 Å². The van der Waals surface area contributed by atoms with Gasteiger partial charge in [-0.25, -0.2) is 0 Å². The average molecular weight is 472 g/mol. The molecule has 2 aromatic rings. The Labute approximate surface area is 204 Å². The number of methoxy groups -OCH3 is 1. The molecule has 0 amide bonds. The topological polar surface area (TPSA) is 80.0 Å². The van der Waals surface area contributed by atoms with Gasteiger partial charge >= 0.3 is 0 Å².